The second-order valence-electron chi connectivity index (χ2n) is 10.3. The molecule has 1 amide bonds. The minimum absolute atomic E-state index is 0.0316. The normalized spacial score (nSPS) is 16.5. The van der Waals surface area contributed by atoms with Gasteiger partial charge in [0.15, 0.2) is 0 Å². The van der Waals surface area contributed by atoms with Gasteiger partial charge in [0, 0.05) is 56.4 Å². The van der Waals surface area contributed by atoms with E-state index < -0.39 is 0 Å². The summed E-state index contributed by atoms with van der Waals surface area (Å²) in [5, 5.41) is 6.57. The Hall–Kier alpha value is -3.70. The van der Waals surface area contributed by atoms with E-state index in [4.69, 9.17) is 9.72 Å². The van der Waals surface area contributed by atoms with Crippen LogP contribution in [-0.2, 0) is 16.0 Å². The van der Waals surface area contributed by atoms with Gasteiger partial charge in [-0.25, -0.2) is 15.0 Å². The molecule has 1 atom stereocenters. The largest absolute Gasteiger partial charge is 0.383 e. The zero-order valence-corrected chi connectivity index (χ0v) is 23.8. The number of carbonyl (C=O) groups excluding carboxylic acids is 1. The molecular formula is C30H33N7O2S. The summed E-state index contributed by atoms with van der Waals surface area (Å²) in [6.45, 7) is 5.96. The van der Waals surface area contributed by atoms with Gasteiger partial charge in [0.05, 0.1) is 28.0 Å². The number of piperazine rings is 1. The quantitative estimate of drug-likeness (QED) is 0.332. The van der Waals surface area contributed by atoms with Crippen LogP contribution in [0.2, 0.25) is 0 Å². The highest BCUT2D eigenvalue weighted by Crippen LogP contribution is 2.37. The van der Waals surface area contributed by atoms with Crippen LogP contribution in [0.4, 0.5) is 17.3 Å². The molecule has 2 aromatic heterocycles. The maximum atomic E-state index is 13.5. The fourth-order valence-electron chi connectivity index (χ4n) is 5.41. The number of aromatic nitrogens is 3. The number of anilines is 3. The number of nitrogens with one attached hydrogen (secondary N) is 2. The number of benzene rings is 2. The first-order chi connectivity index (χ1) is 19.5. The number of aryl methyl sites for hydroxylation is 1. The third-order valence-electron chi connectivity index (χ3n) is 7.65. The summed E-state index contributed by atoms with van der Waals surface area (Å²) < 4.78 is 6.56. The van der Waals surface area contributed by atoms with E-state index in [9.17, 15) is 4.79 Å². The lowest BCUT2D eigenvalue weighted by Gasteiger charge is -2.36. The van der Waals surface area contributed by atoms with E-state index in [0.29, 0.717) is 12.6 Å². The second kappa shape index (κ2) is 11.4. The summed E-state index contributed by atoms with van der Waals surface area (Å²) in [6.07, 6.45) is 4.76. The van der Waals surface area contributed by atoms with Crippen LogP contribution in [0, 0.1) is 6.92 Å². The Morgan fingerprint density at radius 1 is 1.15 bits per heavy atom. The van der Waals surface area contributed by atoms with E-state index in [2.05, 4.69) is 55.7 Å². The number of nitrogens with zero attached hydrogens (tertiary/aromatic N) is 5. The van der Waals surface area contributed by atoms with Crippen molar-refractivity contribution in [3.63, 3.8) is 0 Å². The SMILES string of the molecule is COC[C@H](C(=O)Nc1cccc2c1CC=C2c1nc(Nc2ccc3ncsc3c2)ncc1C)N1CCN(C)CC1. The molecule has 9 nitrogen and oxygen atoms in total. The first-order valence-corrected chi connectivity index (χ1v) is 14.4. The Kier molecular flexibility index (Phi) is 7.57. The molecule has 0 radical (unpaired) electrons. The maximum Gasteiger partial charge on any atom is 0.244 e. The lowest BCUT2D eigenvalue weighted by atomic mass is 9.99. The molecule has 0 unspecified atom stereocenters. The summed E-state index contributed by atoms with van der Waals surface area (Å²) in [6, 6.07) is 11.8. The van der Waals surface area contributed by atoms with Gasteiger partial charge < -0.3 is 20.3 Å². The van der Waals surface area contributed by atoms with Crippen molar-refractivity contribution in [3.05, 3.63) is 76.6 Å². The highest BCUT2D eigenvalue weighted by atomic mass is 32.1. The van der Waals surface area contributed by atoms with Crippen LogP contribution in [0.25, 0.3) is 15.8 Å². The van der Waals surface area contributed by atoms with Gasteiger partial charge in [-0.15, -0.1) is 11.3 Å². The minimum Gasteiger partial charge on any atom is -0.383 e. The van der Waals surface area contributed by atoms with Crippen LogP contribution in [0.1, 0.15) is 22.4 Å². The van der Waals surface area contributed by atoms with E-state index >= 15 is 0 Å². The van der Waals surface area contributed by atoms with Crippen LogP contribution in [0.5, 0.6) is 0 Å². The van der Waals surface area contributed by atoms with E-state index in [1.54, 1.807) is 18.4 Å². The van der Waals surface area contributed by atoms with Crippen LogP contribution in [0.3, 0.4) is 0 Å². The average molecular weight is 556 g/mol. The van der Waals surface area contributed by atoms with Gasteiger partial charge in [-0.1, -0.05) is 18.2 Å². The number of hydrogen-bond acceptors (Lipinski definition) is 9. The first kappa shape index (κ1) is 26.5. The van der Waals surface area contributed by atoms with Gasteiger partial charge in [-0.05, 0) is 61.3 Å². The summed E-state index contributed by atoms with van der Waals surface area (Å²) in [4.78, 5) is 31.8. The number of ether oxygens (including phenoxy) is 1. The summed E-state index contributed by atoms with van der Waals surface area (Å²) >= 11 is 1.61. The standard InChI is InChI=1S/C30H33N7O2S/c1-19-16-31-30(33-20-7-10-25-27(15-20)40-18-32-25)35-28(19)23-9-8-22-21(23)5-4-6-24(22)34-29(38)26(17-39-3)37-13-11-36(2)12-14-37/h4-7,9-10,15-16,18,26H,8,11-14,17H2,1-3H3,(H,34,38)(H,31,33,35)/t26-/m1/s1. The molecule has 0 saturated carbocycles. The Balaban J connectivity index is 1.22. The van der Waals surface area contributed by atoms with Crippen molar-refractivity contribution in [3.8, 4) is 0 Å². The van der Waals surface area contributed by atoms with Crippen molar-refractivity contribution in [1.29, 1.82) is 0 Å². The van der Waals surface area contributed by atoms with E-state index in [1.165, 1.54) is 0 Å². The molecule has 206 valence electrons. The molecule has 1 saturated heterocycles. The maximum absolute atomic E-state index is 13.5. The summed E-state index contributed by atoms with van der Waals surface area (Å²) in [5.74, 6) is 0.508. The summed E-state index contributed by atoms with van der Waals surface area (Å²) in [7, 11) is 3.76. The number of hydrogen-bond donors (Lipinski definition) is 2. The fourth-order valence-corrected chi connectivity index (χ4v) is 6.12. The van der Waals surface area contributed by atoms with Crippen molar-refractivity contribution in [2.24, 2.45) is 0 Å². The lowest BCUT2D eigenvalue weighted by Crippen LogP contribution is -2.54. The van der Waals surface area contributed by atoms with Gasteiger partial charge >= 0.3 is 0 Å². The Labute approximate surface area is 237 Å². The monoisotopic (exact) mass is 555 g/mol. The fraction of sp³-hybridized carbons (Fsp3) is 0.333. The van der Waals surface area contributed by atoms with Crippen molar-refractivity contribution in [1.82, 2.24) is 24.8 Å². The average Bonchev–Trinajstić information content (AvgIpc) is 3.61. The number of rotatable bonds is 8. The molecule has 1 fully saturated rings. The summed E-state index contributed by atoms with van der Waals surface area (Å²) in [5.41, 5.74) is 9.70. The third-order valence-corrected chi connectivity index (χ3v) is 8.45. The molecule has 0 spiro atoms. The molecular weight excluding hydrogens is 522 g/mol. The third kappa shape index (κ3) is 5.35. The Morgan fingerprint density at radius 2 is 2.00 bits per heavy atom. The van der Waals surface area contributed by atoms with E-state index in [1.807, 2.05) is 42.9 Å². The molecule has 1 aliphatic carbocycles. The number of amides is 1. The number of likely N-dealkylation sites (N-methyl/N-ethyl adjacent to an activating group) is 1. The predicted octanol–water partition coefficient (Wildman–Crippen LogP) is 4.33. The molecule has 40 heavy (non-hydrogen) atoms. The highest BCUT2D eigenvalue weighted by Gasteiger charge is 2.30. The molecule has 3 heterocycles. The number of carbonyl (C=O) groups is 1. The molecule has 1 aliphatic heterocycles. The second-order valence-corrected chi connectivity index (χ2v) is 11.2. The van der Waals surface area contributed by atoms with Crippen LogP contribution in [0.15, 0.2) is 54.2 Å². The van der Waals surface area contributed by atoms with Crippen LogP contribution < -0.4 is 10.6 Å². The predicted molar refractivity (Wildman–Crippen MR) is 160 cm³/mol. The number of allylic oxidation sites excluding steroid dienone is 1. The molecule has 2 aromatic carbocycles. The molecule has 2 N–H and O–H groups in total. The van der Waals surface area contributed by atoms with Crippen molar-refractivity contribution < 1.29 is 9.53 Å². The topological polar surface area (TPSA) is 95.5 Å². The molecule has 2 aliphatic rings. The van der Waals surface area contributed by atoms with Gasteiger partial charge in [0.1, 0.15) is 6.04 Å². The molecule has 6 rings (SSSR count). The molecule has 0 bridgehead atoms. The van der Waals surface area contributed by atoms with Crippen molar-refractivity contribution in [2.45, 2.75) is 19.4 Å². The van der Waals surface area contributed by atoms with Crippen molar-refractivity contribution >= 4 is 50.4 Å². The Morgan fingerprint density at radius 3 is 2.83 bits per heavy atom. The van der Waals surface area contributed by atoms with Crippen LogP contribution in [-0.4, -0.2) is 83.6 Å². The lowest BCUT2D eigenvalue weighted by molar-refractivity contribution is -0.124. The molecule has 4 aromatic rings. The number of thiazole rings is 1. The highest BCUT2D eigenvalue weighted by molar-refractivity contribution is 7.16. The van der Waals surface area contributed by atoms with Crippen molar-refractivity contribution in [2.75, 3.05) is 57.6 Å². The zero-order valence-electron chi connectivity index (χ0n) is 23.0. The number of fused-ring (bicyclic) bond motifs is 2. The Bertz CT molecular complexity index is 1580. The number of methoxy groups -OCH3 is 1. The van der Waals surface area contributed by atoms with E-state index in [0.717, 1.165) is 82.1 Å². The smallest absolute Gasteiger partial charge is 0.244 e. The van der Waals surface area contributed by atoms with Crippen LogP contribution >= 0.6 is 11.3 Å². The van der Waals surface area contributed by atoms with Gasteiger partial charge in [0.2, 0.25) is 11.9 Å². The van der Waals surface area contributed by atoms with Gasteiger partial charge in [-0.2, -0.15) is 0 Å². The van der Waals surface area contributed by atoms with Gasteiger partial charge in [0.25, 0.3) is 0 Å². The van der Waals surface area contributed by atoms with Gasteiger partial charge in [-0.3, -0.25) is 9.69 Å². The first-order valence-electron chi connectivity index (χ1n) is 13.5. The molecule has 10 heteroatoms. The minimum atomic E-state index is -0.328. The zero-order chi connectivity index (χ0) is 27.6. The van der Waals surface area contributed by atoms with E-state index in [-0.39, 0.29) is 11.9 Å².